The highest BCUT2D eigenvalue weighted by Gasteiger charge is 2.24. The predicted octanol–water partition coefficient (Wildman–Crippen LogP) is 4.32. The van der Waals surface area contributed by atoms with Crippen LogP contribution in [0.3, 0.4) is 0 Å². The van der Waals surface area contributed by atoms with Crippen LogP contribution >= 0.6 is 0 Å². The van der Waals surface area contributed by atoms with Crippen LogP contribution in [0.2, 0.25) is 0 Å². The summed E-state index contributed by atoms with van der Waals surface area (Å²) in [6, 6.07) is 7.09. The Morgan fingerprint density at radius 2 is 1.85 bits per heavy atom. The van der Waals surface area contributed by atoms with Gasteiger partial charge in [-0.15, -0.1) is 9.41 Å². The zero-order chi connectivity index (χ0) is 24.5. The molecular weight excluding hydrogens is 468 g/mol. The van der Waals surface area contributed by atoms with Crippen molar-refractivity contribution in [1.82, 2.24) is 9.88 Å². The van der Waals surface area contributed by atoms with Gasteiger partial charge in [0.1, 0.15) is 11.5 Å². The summed E-state index contributed by atoms with van der Waals surface area (Å²) in [7, 11) is -1.62. The maximum Gasteiger partial charge on any atom is 0.278 e. The quantitative estimate of drug-likeness (QED) is 0.463. The Balaban J connectivity index is 1.55. The Morgan fingerprint density at radius 3 is 2.44 bits per heavy atom. The fraction of sp³-hybridized carbons (Fsp3) is 0.304. The number of nitrogens with one attached hydrogen (secondary N) is 1. The normalized spacial score (nSPS) is 17.5. The smallest absolute Gasteiger partial charge is 0.278 e. The zero-order valence-electron chi connectivity index (χ0n) is 18.4. The summed E-state index contributed by atoms with van der Waals surface area (Å²) in [5.74, 6) is 3.92. The maximum atomic E-state index is 14.0. The van der Waals surface area contributed by atoms with Crippen molar-refractivity contribution >= 4 is 32.4 Å². The molecule has 34 heavy (non-hydrogen) atoms. The molecule has 0 aliphatic carbocycles. The molecule has 1 saturated heterocycles. The Hall–Kier alpha value is -3.21. The van der Waals surface area contributed by atoms with Crippen molar-refractivity contribution in [2.75, 3.05) is 29.5 Å². The van der Waals surface area contributed by atoms with Gasteiger partial charge in [0, 0.05) is 54.5 Å². The van der Waals surface area contributed by atoms with Gasteiger partial charge < -0.3 is 9.80 Å². The van der Waals surface area contributed by atoms with Crippen LogP contribution in [0, 0.1) is 16.4 Å². The number of hydrogen-bond acceptors (Lipinski definition) is 6. The molecule has 1 aromatic heterocycles. The SMILES string of the molecule is C=C(N1CCS(=C)(=N)CC1)N(Cc1ccc(C2=NN=C(C(F)F)C2)cn1)c1ccc(F)c(F)c1. The highest BCUT2D eigenvalue weighted by Crippen LogP contribution is 2.26. The molecule has 0 spiro atoms. The third kappa shape index (κ3) is 5.30. The summed E-state index contributed by atoms with van der Waals surface area (Å²) in [4.78, 5) is 8.18. The van der Waals surface area contributed by atoms with E-state index in [0.717, 1.165) is 12.1 Å². The lowest BCUT2D eigenvalue weighted by Crippen LogP contribution is -2.43. The lowest BCUT2D eigenvalue weighted by Gasteiger charge is -2.39. The standard InChI is InChI=1S/C23H24F4N6S/c1-15(32-7-9-34(2,28)10-8-32)33(18-5-6-19(24)20(25)11-18)14-17-4-3-16(13-29-17)21-12-22(23(26)27)31-30-21/h3-6,11,13,23,28H,1-2,7-10,12,14H2. The molecule has 3 heterocycles. The van der Waals surface area contributed by atoms with Crippen LogP contribution in [0.4, 0.5) is 23.2 Å². The molecule has 0 saturated carbocycles. The molecule has 4 rings (SSSR count). The van der Waals surface area contributed by atoms with E-state index in [2.05, 4.69) is 27.6 Å². The van der Waals surface area contributed by atoms with Crippen molar-refractivity contribution in [2.24, 2.45) is 10.2 Å². The van der Waals surface area contributed by atoms with Crippen LogP contribution in [0.15, 0.2) is 59.1 Å². The second-order valence-electron chi connectivity index (χ2n) is 8.20. The molecule has 2 aliphatic heterocycles. The van der Waals surface area contributed by atoms with Crippen molar-refractivity contribution in [3.8, 4) is 0 Å². The summed E-state index contributed by atoms with van der Waals surface area (Å²) in [6.45, 7) is 5.60. The van der Waals surface area contributed by atoms with Gasteiger partial charge in [-0.1, -0.05) is 12.4 Å². The zero-order valence-corrected chi connectivity index (χ0v) is 19.2. The summed E-state index contributed by atoms with van der Waals surface area (Å²) in [6.07, 6.45) is -1.15. The van der Waals surface area contributed by atoms with Gasteiger partial charge in [0.25, 0.3) is 6.43 Å². The van der Waals surface area contributed by atoms with Crippen molar-refractivity contribution in [3.63, 3.8) is 0 Å². The first-order valence-electron chi connectivity index (χ1n) is 10.5. The Morgan fingerprint density at radius 1 is 1.12 bits per heavy atom. The van der Waals surface area contributed by atoms with E-state index in [9.17, 15) is 17.6 Å². The number of nitrogens with zero attached hydrogens (tertiary/aromatic N) is 5. The van der Waals surface area contributed by atoms with Gasteiger partial charge in [0.15, 0.2) is 11.6 Å². The Labute approximate surface area is 195 Å². The molecular formula is C23H24F4N6S. The van der Waals surface area contributed by atoms with Crippen LogP contribution in [0.5, 0.6) is 0 Å². The first kappa shape index (κ1) is 23.9. The molecule has 1 N–H and O–H groups in total. The lowest BCUT2D eigenvalue weighted by molar-refractivity contribution is 0.224. The topological polar surface area (TPSA) is 67.9 Å². The number of rotatable bonds is 7. The molecule has 2 aromatic rings. The molecule has 1 fully saturated rings. The van der Waals surface area contributed by atoms with E-state index >= 15 is 0 Å². The van der Waals surface area contributed by atoms with E-state index in [1.807, 2.05) is 4.90 Å². The highest BCUT2D eigenvalue weighted by atomic mass is 32.2. The molecule has 0 amide bonds. The van der Waals surface area contributed by atoms with Gasteiger partial charge in [-0.05, 0) is 24.3 Å². The number of alkyl halides is 2. The number of aromatic nitrogens is 1. The van der Waals surface area contributed by atoms with E-state index in [1.165, 1.54) is 12.3 Å². The van der Waals surface area contributed by atoms with Gasteiger partial charge in [-0.3, -0.25) is 9.76 Å². The average molecular weight is 493 g/mol. The minimum Gasteiger partial charge on any atom is -0.357 e. The lowest BCUT2D eigenvalue weighted by atomic mass is 10.1. The number of anilines is 1. The van der Waals surface area contributed by atoms with Gasteiger partial charge in [-0.25, -0.2) is 17.6 Å². The minimum atomic E-state index is -2.65. The van der Waals surface area contributed by atoms with Gasteiger partial charge in [0.2, 0.25) is 0 Å². The van der Waals surface area contributed by atoms with Crippen LogP contribution in [0.1, 0.15) is 17.7 Å². The van der Waals surface area contributed by atoms with Gasteiger partial charge in [0.05, 0.1) is 18.0 Å². The highest BCUT2D eigenvalue weighted by molar-refractivity contribution is 8.01. The van der Waals surface area contributed by atoms with Gasteiger partial charge in [-0.2, -0.15) is 10.2 Å². The predicted molar refractivity (Wildman–Crippen MR) is 129 cm³/mol. The van der Waals surface area contributed by atoms with E-state index < -0.39 is 27.5 Å². The number of halogens is 4. The molecule has 0 unspecified atom stereocenters. The molecule has 2 aliphatic rings. The molecule has 6 nitrogen and oxygen atoms in total. The summed E-state index contributed by atoms with van der Waals surface area (Å²) in [5, 5.41) is 7.35. The van der Waals surface area contributed by atoms with Gasteiger partial charge >= 0.3 is 0 Å². The Kier molecular flexibility index (Phi) is 6.74. The number of benzene rings is 1. The first-order valence-corrected chi connectivity index (χ1v) is 12.7. The molecule has 11 heteroatoms. The monoisotopic (exact) mass is 492 g/mol. The largest absolute Gasteiger partial charge is 0.357 e. The molecule has 0 bridgehead atoms. The fourth-order valence-electron chi connectivity index (χ4n) is 3.70. The Bertz CT molecular complexity index is 1240. The van der Waals surface area contributed by atoms with Crippen molar-refractivity contribution in [3.05, 3.63) is 71.8 Å². The number of pyridine rings is 1. The summed E-state index contributed by atoms with van der Waals surface area (Å²) >= 11 is 0. The van der Waals surface area contributed by atoms with Crippen molar-refractivity contribution < 1.29 is 17.6 Å². The second kappa shape index (κ2) is 9.57. The van der Waals surface area contributed by atoms with E-state index in [-0.39, 0.29) is 18.7 Å². The summed E-state index contributed by atoms with van der Waals surface area (Å²) < 4.78 is 61.5. The molecule has 0 atom stereocenters. The van der Waals surface area contributed by atoms with Crippen LogP contribution in [0.25, 0.3) is 0 Å². The molecule has 0 radical (unpaired) electrons. The first-order chi connectivity index (χ1) is 16.1. The van der Waals surface area contributed by atoms with E-state index in [0.29, 0.717) is 53.1 Å². The van der Waals surface area contributed by atoms with Crippen LogP contribution in [-0.2, 0) is 16.0 Å². The molecule has 180 valence electrons. The van der Waals surface area contributed by atoms with Crippen LogP contribution in [-0.4, -0.2) is 58.2 Å². The third-order valence-corrected chi connectivity index (χ3v) is 7.70. The van der Waals surface area contributed by atoms with E-state index in [4.69, 9.17) is 4.78 Å². The average Bonchev–Trinajstić information content (AvgIpc) is 3.30. The second-order valence-corrected chi connectivity index (χ2v) is 11.1. The van der Waals surface area contributed by atoms with Crippen molar-refractivity contribution in [1.29, 1.82) is 4.78 Å². The third-order valence-electron chi connectivity index (χ3n) is 5.77. The maximum absolute atomic E-state index is 14.0. The molecule has 1 aromatic carbocycles. The minimum absolute atomic E-state index is 0.0306. The summed E-state index contributed by atoms with van der Waals surface area (Å²) in [5.41, 5.74) is 1.75. The van der Waals surface area contributed by atoms with E-state index in [1.54, 1.807) is 17.0 Å². The fourth-order valence-corrected chi connectivity index (χ4v) is 5.04. The van der Waals surface area contributed by atoms with Crippen LogP contribution < -0.4 is 4.90 Å². The van der Waals surface area contributed by atoms with Crippen molar-refractivity contribution in [2.45, 2.75) is 19.4 Å². The number of hydrogen-bond donors (Lipinski definition) is 1.